The van der Waals surface area contributed by atoms with Crippen LogP contribution in [0.15, 0.2) is 24.4 Å². The van der Waals surface area contributed by atoms with Gasteiger partial charge in [0.05, 0.1) is 5.37 Å². The molecule has 1 heterocycles. The van der Waals surface area contributed by atoms with Crippen molar-refractivity contribution in [2.24, 2.45) is 5.41 Å². The molecule has 1 unspecified atom stereocenters. The number of hydrogen-bond donors (Lipinski definition) is 1. The zero-order valence-corrected chi connectivity index (χ0v) is 10.3. The molecule has 14 heavy (non-hydrogen) atoms. The van der Waals surface area contributed by atoms with Crippen molar-refractivity contribution < 1.29 is 0 Å². The van der Waals surface area contributed by atoms with Crippen molar-refractivity contribution in [2.45, 2.75) is 39.0 Å². The van der Waals surface area contributed by atoms with Gasteiger partial charge >= 0.3 is 0 Å². The van der Waals surface area contributed by atoms with Gasteiger partial charge in [-0.2, -0.15) is 0 Å². The molecule has 1 aliphatic rings. The molecule has 80 valence electrons. The van der Waals surface area contributed by atoms with Gasteiger partial charge in [0.25, 0.3) is 0 Å². The lowest BCUT2D eigenvalue weighted by Gasteiger charge is -2.26. The molecule has 0 aromatic carbocycles. The van der Waals surface area contributed by atoms with Crippen molar-refractivity contribution in [1.82, 2.24) is 5.32 Å². The highest BCUT2D eigenvalue weighted by atomic mass is 32.2. The van der Waals surface area contributed by atoms with E-state index in [1.165, 1.54) is 5.70 Å². The third-order valence-electron chi connectivity index (χ3n) is 2.27. The van der Waals surface area contributed by atoms with Crippen LogP contribution in [0.1, 0.15) is 33.6 Å². The summed E-state index contributed by atoms with van der Waals surface area (Å²) < 4.78 is 0. The molecule has 1 atom stereocenters. The Morgan fingerprint density at radius 2 is 2.21 bits per heavy atom. The molecule has 1 nitrogen and oxygen atoms in total. The third-order valence-corrected chi connectivity index (χ3v) is 3.91. The summed E-state index contributed by atoms with van der Waals surface area (Å²) in [4.78, 5) is 0. The molecule has 1 N–H and O–H groups in total. The first-order chi connectivity index (χ1) is 6.54. The molecule has 0 aromatic rings. The lowest BCUT2D eigenvalue weighted by molar-refractivity contribution is 0.373. The Bertz CT molecular complexity index is 225. The summed E-state index contributed by atoms with van der Waals surface area (Å²) in [5, 5.41) is 4.15. The Morgan fingerprint density at radius 1 is 1.50 bits per heavy atom. The number of hydrogen-bond acceptors (Lipinski definition) is 2. The molecule has 1 rings (SSSR count). The van der Waals surface area contributed by atoms with Gasteiger partial charge in [0.2, 0.25) is 0 Å². The third kappa shape index (κ3) is 3.41. The van der Waals surface area contributed by atoms with Crippen molar-refractivity contribution >= 4 is 11.8 Å². The van der Waals surface area contributed by atoms with Gasteiger partial charge in [0.1, 0.15) is 0 Å². The normalized spacial score (nSPS) is 25.1. The summed E-state index contributed by atoms with van der Waals surface area (Å²) in [6.45, 7) is 10.6. The Balaban J connectivity index is 2.41. The quantitative estimate of drug-likeness (QED) is 0.566. The van der Waals surface area contributed by atoms with E-state index in [2.05, 4.69) is 38.7 Å². The largest absolute Gasteiger partial charge is 0.376 e. The standard InChI is InChI=1S/C12H21NS/c1-5-6-7-8-10-9-14-11(13-10)12(2,3)4/h5,8,11,13H,1,6-7,9H2,2-4H3/b10-8+. The van der Waals surface area contributed by atoms with Gasteiger partial charge in [-0.1, -0.05) is 32.9 Å². The first-order valence-electron chi connectivity index (χ1n) is 5.22. The van der Waals surface area contributed by atoms with E-state index in [0.717, 1.165) is 18.6 Å². The predicted octanol–water partition coefficient (Wildman–Crippen LogP) is 3.55. The van der Waals surface area contributed by atoms with Gasteiger partial charge in [-0.15, -0.1) is 18.3 Å². The molecule has 0 aromatic heterocycles. The van der Waals surface area contributed by atoms with Crippen molar-refractivity contribution in [3.8, 4) is 0 Å². The van der Waals surface area contributed by atoms with Crippen LogP contribution in [0.25, 0.3) is 0 Å². The molecular formula is C12H21NS. The first-order valence-corrected chi connectivity index (χ1v) is 6.27. The van der Waals surface area contributed by atoms with E-state index >= 15 is 0 Å². The molecule has 0 amide bonds. The van der Waals surface area contributed by atoms with Crippen LogP contribution in [0, 0.1) is 5.41 Å². The zero-order valence-electron chi connectivity index (χ0n) is 9.47. The molecule has 0 saturated carbocycles. The fourth-order valence-electron chi connectivity index (χ4n) is 1.38. The van der Waals surface area contributed by atoms with Gasteiger partial charge in [0.15, 0.2) is 0 Å². The van der Waals surface area contributed by atoms with Crippen LogP contribution in [-0.2, 0) is 0 Å². The lowest BCUT2D eigenvalue weighted by atomic mass is 9.96. The van der Waals surface area contributed by atoms with E-state index in [0.29, 0.717) is 10.8 Å². The fourth-order valence-corrected chi connectivity index (χ4v) is 2.67. The summed E-state index contributed by atoms with van der Waals surface area (Å²) in [7, 11) is 0. The van der Waals surface area contributed by atoms with E-state index < -0.39 is 0 Å². The van der Waals surface area contributed by atoms with Crippen LogP contribution in [-0.4, -0.2) is 11.1 Å². The molecule has 0 bridgehead atoms. The summed E-state index contributed by atoms with van der Waals surface area (Å²) >= 11 is 2.01. The highest BCUT2D eigenvalue weighted by Crippen LogP contribution is 2.34. The van der Waals surface area contributed by atoms with Crippen LogP contribution >= 0.6 is 11.8 Å². The lowest BCUT2D eigenvalue weighted by Crippen LogP contribution is -2.32. The SMILES string of the molecule is C=CCC/C=C1\CSC(C(C)(C)C)N1. The van der Waals surface area contributed by atoms with E-state index in [1.54, 1.807) is 0 Å². The highest BCUT2D eigenvalue weighted by molar-refractivity contribution is 8.00. The predicted molar refractivity (Wildman–Crippen MR) is 66.4 cm³/mol. The second-order valence-electron chi connectivity index (χ2n) is 4.80. The number of thioether (sulfide) groups is 1. The Labute approximate surface area is 92.0 Å². The number of unbranched alkanes of at least 4 members (excludes halogenated alkanes) is 1. The highest BCUT2D eigenvalue weighted by Gasteiger charge is 2.29. The van der Waals surface area contributed by atoms with Crippen molar-refractivity contribution in [2.75, 3.05) is 5.75 Å². The monoisotopic (exact) mass is 211 g/mol. The van der Waals surface area contributed by atoms with E-state index in [4.69, 9.17) is 0 Å². The van der Waals surface area contributed by atoms with Gasteiger partial charge in [-0.25, -0.2) is 0 Å². The van der Waals surface area contributed by atoms with E-state index in [-0.39, 0.29) is 0 Å². The molecule has 1 fully saturated rings. The summed E-state index contributed by atoms with van der Waals surface area (Å²) in [6.07, 6.45) is 6.47. The second-order valence-corrected chi connectivity index (χ2v) is 5.89. The number of rotatable bonds is 3. The first kappa shape index (κ1) is 11.7. The average molecular weight is 211 g/mol. The van der Waals surface area contributed by atoms with Gasteiger partial charge < -0.3 is 5.32 Å². The van der Waals surface area contributed by atoms with Gasteiger partial charge in [-0.05, 0) is 18.3 Å². The second kappa shape index (κ2) is 4.92. The van der Waals surface area contributed by atoms with E-state index in [1.807, 2.05) is 17.8 Å². The molecule has 1 saturated heterocycles. The molecule has 2 heteroatoms. The minimum atomic E-state index is 0.346. The smallest absolute Gasteiger partial charge is 0.0772 e. The topological polar surface area (TPSA) is 12.0 Å². The number of nitrogens with one attached hydrogen (secondary N) is 1. The fraction of sp³-hybridized carbons (Fsp3) is 0.667. The van der Waals surface area contributed by atoms with Crippen LogP contribution in [0.4, 0.5) is 0 Å². The summed E-state index contributed by atoms with van der Waals surface area (Å²) in [5.74, 6) is 1.14. The maximum absolute atomic E-state index is 3.72. The minimum Gasteiger partial charge on any atom is -0.376 e. The van der Waals surface area contributed by atoms with Crippen LogP contribution in [0.3, 0.4) is 0 Å². The van der Waals surface area contributed by atoms with Crippen LogP contribution < -0.4 is 5.32 Å². The zero-order chi connectivity index (χ0) is 10.6. The summed E-state index contributed by atoms with van der Waals surface area (Å²) in [5.41, 5.74) is 1.75. The summed E-state index contributed by atoms with van der Waals surface area (Å²) in [6, 6.07) is 0. The maximum atomic E-state index is 3.72. The van der Waals surface area contributed by atoms with Crippen molar-refractivity contribution in [3.63, 3.8) is 0 Å². The van der Waals surface area contributed by atoms with Gasteiger partial charge in [0, 0.05) is 11.4 Å². The number of allylic oxidation sites excluding steroid dienone is 2. The van der Waals surface area contributed by atoms with E-state index in [9.17, 15) is 0 Å². The van der Waals surface area contributed by atoms with Crippen LogP contribution in [0.2, 0.25) is 0 Å². The molecule has 1 aliphatic heterocycles. The Morgan fingerprint density at radius 3 is 2.71 bits per heavy atom. The average Bonchev–Trinajstić information content (AvgIpc) is 2.52. The molecular weight excluding hydrogens is 190 g/mol. The van der Waals surface area contributed by atoms with Crippen molar-refractivity contribution in [3.05, 3.63) is 24.4 Å². The minimum absolute atomic E-state index is 0.346. The van der Waals surface area contributed by atoms with Gasteiger partial charge in [-0.3, -0.25) is 0 Å². The Kier molecular flexibility index (Phi) is 4.11. The Hall–Kier alpha value is -0.370. The molecule has 0 spiro atoms. The van der Waals surface area contributed by atoms with Crippen LogP contribution in [0.5, 0.6) is 0 Å². The molecule has 0 aliphatic carbocycles. The van der Waals surface area contributed by atoms with Crippen molar-refractivity contribution in [1.29, 1.82) is 0 Å². The molecule has 0 radical (unpaired) electrons. The maximum Gasteiger partial charge on any atom is 0.0772 e.